The Morgan fingerprint density at radius 1 is 0.812 bits per heavy atom. The zero-order chi connectivity index (χ0) is 24.6. The van der Waals surface area contributed by atoms with Gasteiger partial charge in [-0.1, -0.05) is 34.8 Å². The first-order chi connectivity index (χ1) is 14.7. The lowest BCUT2D eigenvalue weighted by Crippen LogP contribution is -2.67. The fourth-order valence-corrected chi connectivity index (χ4v) is 2.81. The van der Waals surface area contributed by atoms with Gasteiger partial charge < -0.3 is 33.7 Å². The fourth-order valence-electron chi connectivity index (χ4n) is 2.65. The second-order valence-corrected chi connectivity index (χ2v) is 8.98. The standard InChI is InChI=1S/C17H22Cl3NO11/c1-7(22)27-5-11-13(29-8(2)23)14(30-9(3)24)12(15(32-11)31-10(4)25)21-16(26)28-6-17(18,19)20/h11-15H,5-6H2,1-4H3,(H,21,26)/t11?,12?,13-,14+,15-/m0/s1. The molecule has 0 aromatic carbocycles. The Morgan fingerprint density at radius 2 is 1.34 bits per heavy atom. The molecule has 0 aliphatic carbocycles. The van der Waals surface area contributed by atoms with Crippen molar-refractivity contribution in [2.24, 2.45) is 0 Å². The van der Waals surface area contributed by atoms with Gasteiger partial charge in [-0.3, -0.25) is 19.2 Å². The van der Waals surface area contributed by atoms with Crippen molar-refractivity contribution >= 4 is 64.8 Å². The fraction of sp³-hybridized carbons (Fsp3) is 0.706. The minimum absolute atomic E-state index is 0.451. The average molecular weight is 523 g/mol. The molecule has 0 saturated carbocycles. The number of carbonyl (C=O) groups excluding carboxylic acids is 5. The van der Waals surface area contributed by atoms with Crippen LogP contribution in [-0.4, -0.2) is 77.6 Å². The van der Waals surface area contributed by atoms with E-state index in [1.807, 2.05) is 0 Å². The predicted molar refractivity (Wildman–Crippen MR) is 107 cm³/mol. The van der Waals surface area contributed by atoms with Crippen molar-refractivity contribution in [3.63, 3.8) is 0 Å². The Kier molecular flexibility index (Phi) is 10.8. The van der Waals surface area contributed by atoms with Crippen LogP contribution in [0.25, 0.3) is 0 Å². The number of rotatable bonds is 7. The van der Waals surface area contributed by atoms with Crippen LogP contribution in [0.4, 0.5) is 4.79 Å². The van der Waals surface area contributed by atoms with Crippen LogP contribution < -0.4 is 5.32 Å². The number of halogens is 3. The van der Waals surface area contributed by atoms with Crippen molar-refractivity contribution in [2.45, 2.75) is 62.1 Å². The molecular formula is C17H22Cl3NO11. The van der Waals surface area contributed by atoms with Gasteiger partial charge in [-0.25, -0.2) is 4.79 Å². The van der Waals surface area contributed by atoms with E-state index in [-0.39, 0.29) is 0 Å². The molecule has 2 unspecified atom stereocenters. The first-order valence-corrected chi connectivity index (χ1v) is 10.1. The summed E-state index contributed by atoms with van der Waals surface area (Å²) in [7, 11) is 0. The number of esters is 4. The van der Waals surface area contributed by atoms with Crippen LogP contribution in [0.2, 0.25) is 0 Å². The second-order valence-electron chi connectivity index (χ2n) is 6.46. The highest BCUT2D eigenvalue weighted by molar-refractivity contribution is 6.67. The molecule has 1 N–H and O–H groups in total. The van der Waals surface area contributed by atoms with Crippen LogP contribution in [-0.2, 0) is 47.6 Å². The summed E-state index contributed by atoms with van der Waals surface area (Å²) in [5.41, 5.74) is 0. The zero-order valence-electron chi connectivity index (χ0n) is 17.4. The Morgan fingerprint density at radius 3 is 1.81 bits per heavy atom. The monoisotopic (exact) mass is 521 g/mol. The van der Waals surface area contributed by atoms with Gasteiger partial charge in [-0.2, -0.15) is 0 Å². The summed E-state index contributed by atoms with van der Waals surface area (Å²) in [6.45, 7) is 3.22. The number of alkyl carbamates (subject to hydrolysis) is 1. The molecule has 1 aliphatic rings. The van der Waals surface area contributed by atoms with Gasteiger partial charge in [0.15, 0.2) is 12.2 Å². The van der Waals surface area contributed by atoms with Crippen molar-refractivity contribution in [3.05, 3.63) is 0 Å². The van der Waals surface area contributed by atoms with Gasteiger partial charge in [0, 0.05) is 27.7 Å². The molecule has 1 aliphatic heterocycles. The van der Waals surface area contributed by atoms with Crippen LogP contribution in [0.3, 0.4) is 0 Å². The van der Waals surface area contributed by atoms with Gasteiger partial charge in [0.25, 0.3) is 0 Å². The highest BCUT2D eigenvalue weighted by Crippen LogP contribution is 2.29. The van der Waals surface area contributed by atoms with Crippen molar-refractivity contribution in [3.8, 4) is 0 Å². The summed E-state index contributed by atoms with van der Waals surface area (Å²) in [4.78, 5) is 58.4. The van der Waals surface area contributed by atoms with E-state index >= 15 is 0 Å². The summed E-state index contributed by atoms with van der Waals surface area (Å²) in [6, 6.07) is -1.43. The minimum Gasteiger partial charge on any atom is -0.463 e. The molecule has 5 atom stereocenters. The maximum atomic E-state index is 12.2. The van der Waals surface area contributed by atoms with Crippen LogP contribution in [0, 0.1) is 0 Å². The molecule has 1 saturated heterocycles. The average Bonchev–Trinajstić information content (AvgIpc) is 2.61. The molecular weight excluding hydrogens is 501 g/mol. The quantitative estimate of drug-likeness (QED) is 0.291. The van der Waals surface area contributed by atoms with E-state index in [4.69, 9.17) is 63.2 Å². The SMILES string of the molecule is CC(=O)OCC1O[C@H](OC(C)=O)C(NC(=O)OCC(Cl)(Cl)Cl)[C@@H](OC(C)=O)[C@H]1OC(C)=O. The molecule has 12 nitrogen and oxygen atoms in total. The molecule has 0 bridgehead atoms. The molecule has 0 spiro atoms. The molecule has 0 aromatic heterocycles. The molecule has 182 valence electrons. The van der Waals surface area contributed by atoms with E-state index in [1.54, 1.807) is 0 Å². The van der Waals surface area contributed by atoms with Crippen molar-refractivity contribution < 1.29 is 52.4 Å². The van der Waals surface area contributed by atoms with Gasteiger partial charge in [0.05, 0.1) is 0 Å². The molecule has 1 fully saturated rings. The van der Waals surface area contributed by atoms with Crippen molar-refractivity contribution in [1.82, 2.24) is 5.32 Å². The third-order valence-electron chi connectivity index (χ3n) is 3.63. The van der Waals surface area contributed by atoms with E-state index in [0.717, 1.165) is 27.7 Å². The Hall–Kier alpha value is -2.02. The van der Waals surface area contributed by atoms with E-state index in [0.29, 0.717) is 0 Å². The maximum absolute atomic E-state index is 12.2. The van der Waals surface area contributed by atoms with Gasteiger partial charge >= 0.3 is 30.0 Å². The first kappa shape index (κ1) is 28.0. The molecule has 32 heavy (non-hydrogen) atoms. The Labute approximate surface area is 198 Å². The van der Waals surface area contributed by atoms with Crippen LogP contribution in [0.15, 0.2) is 0 Å². The first-order valence-electron chi connectivity index (χ1n) is 9.00. The lowest BCUT2D eigenvalue weighted by molar-refractivity contribution is -0.270. The lowest BCUT2D eigenvalue weighted by Gasteiger charge is -2.44. The number of alkyl halides is 3. The number of nitrogens with one attached hydrogen (secondary N) is 1. The normalized spacial score (nSPS) is 25.2. The van der Waals surface area contributed by atoms with E-state index in [1.165, 1.54) is 0 Å². The Balaban J connectivity index is 3.28. The molecule has 1 rings (SSSR count). The van der Waals surface area contributed by atoms with Crippen molar-refractivity contribution in [1.29, 1.82) is 0 Å². The van der Waals surface area contributed by atoms with Crippen LogP contribution in [0.5, 0.6) is 0 Å². The van der Waals surface area contributed by atoms with Gasteiger partial charge in [-0.15, -0.1) is 0 Å². The lowest BCUT2D eigenvalue weighted by atomic mass is 9.96. The molecule has 0 aromatic rings. The van der Waals surface area contributed by atoms with Crippen LogP contribution in [0.1, 0.15) is 27.7 Å². The predicted octanol–water partition coefficient (Wildman–Crippen LogP) is 1.17. The summed E-state index contributed by atoms with van der Waals surface area (Å²) in [6.07, 6.45) is -6.77. The third-order valence-corrected chi connectivity index (χ3v) is 3.96. The van der Waals surface area contributed by atoms with Gasteiger partial charge in [-0.05, 0) is 0 Å². The van der Waals surface area contributed by atoms with Gasteiger partial charge in [0.2, 0.25) is 10.1 Å². The molecule has 1 heterocycles. The summed E-state index contributed by atoms with van der Waals surface area (Å²) < 4.78 is 28.9. The minimum atomic E-state index is -1.92. The molecule has 1 amide bonds. The number of carbonyl (C=O) groups is 5. The summed E-state index contributed by atoms with van der Waals surface area (Å²) in [5.74, 6) is -3.13. The maximum Gasteiger partial charge on any atom is 0.407 e. The number of hydrogen-bond donors (Lipinski definition) is 1. The summed E-state index contributed by atoms with van der Waals surface area (Å²) in [5, 5.41) is 2.28. The highest BCUT2D eigenvalue weighted by atomic mass is 35.6. The molecule has 15 heteroatoms. The van der Waals surface area contributed by atoms with Crippen molar-refractivity contribution in [2.75, 3.05) is 13.2 Å². The number of amides is 1. The van der Waals surface area contributed by atoms with Crippen LogP contribution >= 0.6 is 34.8 Å². The summed E-state index contributed by atoms with van der Waals surface area (Å²) >= 11 is 16.6. The molecule has 0 radical (unpaired) electrons. The number of ether oxygens (including phenoxy) is 6. The second kappa shape index (κ2) is 12.3. The smallest absolute Gasteiger partial charge is 0.407 e. The highest BCUT2D eigenvalue weighted by Gasteiger charge is 2.52. The largest absolute Gasteiger partial charge is 0.463 e. The Bertz CT molecular complexity index is 727. The van der Waals surface area contributed by atoms with Gasteiger partial charge in [0.1, 0.15) is 25.4 Å². The third kappa shape index (κ3) is 10.1. The van der Waals surface area contributed by atoms with E-state index < -0.39 is 77.6 Å². The van der Waals surface area contributed by atoms with E-state index in [9.17, 15) is 24.0 Å². The topological polar surface area (TPSA) is 153 Å². The zero-order valence-corrected chi connectivity index (χ0v) is 19.7. The number of hydrogen-bond acceptors (Lipinski definition) is 11. The van der Waals surface area contributed by atoms with E-state index in [2.05, 4.69) is 5.32 Å².